The number of rotatable bonds is 6. The van der Waals surface area contributed by atoms with E-state index in [0.717, 1.165) is 33.1 Å². The van der Waals surface area contributed by atoms with Gasteiger partial charge in [-0.25, -0.2) is 8.42 Å². The Kier molecular flexibility index (Phi) is 5.90. The molecule has 1 aliphatic heterocycles. The number of hydrogen-bond donors (Lipinski definition) is 2. The van der Waals surface area contributed by atoms with Crippen molar-refractivity contribution >= 4 is 21.4 Å². The van der Waals surface area contributed by atoms with Crippen LogP contribution in [0.15, 0.2) is 24.3 Å². The molecule has 7 nitrogen and oxygen atoms in total. The van der Waals surface area contributed by atoms with Crippen LogP contribution in [0.3, 0.4) is 0 Å². The van der Waals surface area contributed by atoms with Crippen molar-refractivity contribution in [2.45, 2.75) is 39.8 Å². The van der Waals surface area contributed by atoms with Gasteiger partial charge in [0.2, 0.25) is 0 Å². The maximum atomic E-state index is 12.3. The molecule has 8 heteroatoms. The molecule has 0 aliphatic carbocycles. The highest BCUT2D eigenvalue weighted by molar-refractivity contribution is 7.91. The quantitative estimate of drug-likeness (QED) is 0.745. The van der Waals surface area contributed by atoms with E-state index in [-0.39, 0.29) is 23.5 Å². The lowest BCUT2D eigenvalue weighted by atomic mass is 10.1. The summed E-state index contributed by atoms with van der Waals surface area (Å²) < 4.78 is 25.5. The molecule has 1 aromatic heterocycles. The van der Waals surface area contributed by atoms with Crippen molar-refractivity contribution in [1.29, 1.82) is 0 Å². The Labute approximate surface area is 166 Å². The van der Waals surface area contributed by atoms with Gasteiger partial charge < -0.3 is 10.2 Å². The minimum absolute atomic E-state index is 0.0362. The zero-order chi connectivity index (χ0) is 20.5. The van der Waals surface area contributed by atoms with Gasteiger partial charge in [0.05, 0.1) is 35.9 Å². The highest BCUT2D eigenvalue weighted by Crippen LogP contribution is 2.26. The van der Waals surface area contributed by atoms with Gasteiger partial charge in [-0.05, 0) is 39.3 Å². The number of carbonyl (C=O) groups is 1. The fourth-order valence-corrected chi connectivity index (χ4v) is 5.45. The van der Waals surface area contributed by atoms with Crippen LogP contribution < -0.4 is 10.2 Å². The first kappa shape index (κ1) is 20.5. The molecule has 2 heterocycles. The van der Waals surface area contributed by atoms with Crippen LogP contribution in [0.2, 0.25) is 0 Å². The Balaban J connectivity index is 1.63. The van der Waals surface area contributed by atoms with Gasteiger partial charge in [0.25, 0.3) is 5.91 Å². The van der Waals surface area contributed by atoms with E-state index in [1.807, 2.05) is 56.8 Å². The van der Waals surface area contributed by atoms with Crippen LogP contribution in [0.25, 0.3) is 0 Å². The molecule has 1 aliphatic rings. The summed E-state index contributed by atoms with van der Waals surface area (Å²) in [6.45, 7) is 6.95. The summed E-state index contributed by atoms with van der Waals surface area (Å²) in [7, 11) is -0.977. The lowest BCUT2D eigenvalue weighted by molar-refractivity contribution is -0.885. The topological polar surface area (TPSA) is 85.5 Å². The van der Waals surface area contributed by atoms with E-state index in [1.54, 1.807) is 0 Å². The third-order valence-corrected chi connectivity index (χ3v) is 7.06. The van der Waals surface area contributed by atoms with E-state index in [4.69, 9.17) is 0 Å². The number of aromatic nitrogens is 2. The molecule has 28 heavy (non-hydrogen) atoms. The average Bonchev–Trinajstić information content (AvgIpc) is 3.10. The van der Waals surface area contributed by atoms with Gasteiger partial charge in [-0.15, -0.1) is 0 Å². The molecule has 1 aromatic carbocycles. The van der Waals surface area contributed by atoms with Crippen molar-refractivity contribution in [3.05, 3.63) is 46.8 Å². The van der Waals surface area contributed by atoms with Crippen LogP contribution in [0.1, 0.15) is 35.0 Å². The number of amides is 1. The Bertz CT molecular complexity index is 964. The molecule has 3 rings (SSSR count). The highest BCUT2D eigenvalue weighted by Gasteiger charge is 2.31. The number of nitrogens with zero attached hydrogens (tertiary/aromatic N) is 2. The van der Waals surface area contributed by atoms with Crippen LogP contribution >= 0.6 is 0 Å². The molecular formula is C20H29N4O3S+. The molecule has 0 saturated carbocycles. The largest absolute Gasteiger partial charge is 0.326 e. The maximum absolute atomic E-state index is 12.3. The number of sulfone groups is 1. The molecule has 2 atom stereocenters. The first-order valence-electron chi connectivity index (χ1n) is 9.57. The van der Waals surface area contributed by atoms with Crippen molar-refractivity contribution < 1.29 is 18.1 Å². The molecule has 1 fully saturated rings. The van der Waals surface area contributed by atoms with Crippen molar-refractivity contribution in [3.63, 3.8) is 0 Å². The molecule has 0 spiro atoms. The number of hydrogen-bond acceptors (Lipinski definition) is 4. The molecule has 1 amide bonds. The van der Waals surface area contributed by atoms with E-state index < -0.39 is 9.84 Å². The van der Waals surface area contributed by atoms with Crippen LogP contribution in [-0.4, -0.2) is 49.2 Å². The molecule has 152 valence electrons. The zero-order valence-corrected chi connectivity index (χ0v) is 17.8. The van der Waals surface area contributed by atoms with Crippen LogP contribution in [0, 0.1) is 20.8 Å². The summed E-state index contributed by atoms with van der Waals surface area (Å²) in [5.41, 5.74) is 4.94. The van der Waals surface area contributed by atoms with Gasteiger partial charge >= 0.3 is 0 Å². The average molecular weight is 406 g/mol. The number of quaternary nitrogens is 1. The number of aryl methyl sites for hydroxylation is 2. The van der Waals surface area contributed by atoms with Crippen molar-refractivity contribution in [1.82, 2.24) is 9.78 Å². The van der Waals surface area contributed by atoms with Gasteiger partial charge in [0, 0.05) is 11.4 Å². The molecule has 2 N–H and O–H groups in total. The van der Waals surface area contributed by atoms with E-state index in [1.165, 1.54) is 0 Å². The number of likely N-dealkylation sites (N-methyl/N-ethyl adjacent to an activating group) is 1. The first-order valence-corrected chi connectivity index (χ1v) is 11.4. The second kappa shape index (κ2) is 8.05. The van der Waals surface area contributed by atoms with Crippen LogP contribution in [0.4, 0.5) is 5.69 Å². The Morgan fingerprint density at radius 2 is 1.93 bits per heavy atom. The molecular weight excluding hydrogens is 376 g/mol. The van der Waals surface area contributed by atoms with Gasteiger partial charge in [0.1, 0.15) is 6.54 Å². The van der Waals surface area contributed by atoms with E-state index in [2.05, 4.69) is 10.4 Å². The monoisotopic (exact) mass is 405 g/mol. The number of carbonyl (C=O) groups excluding carboxylic acids is 1. The standard InChI is InChI=1S/C20H28N4O3S/c1-14-5-7-17(8-6-14)21-20(25)12-23(4)11-19-15(2)22-24(16(19)3)18-9-10-28(26,27)13-18/h5-8,18H,9-13H2,1-4H3,(H,21,25)/p+1/t18-/m0/s1. The summed E-state index contributed by atoms with van der Waals surface area (Å²) >= 11 is 0. The summed E-state index contributed by atoms with van der Waals surface area (Å²) in [4.78, 5) is 13.4. The minimum atomic E-state index is -2.95. The Hall–Kier alpha value is -2.19. The van der Waals surface area contributed by atoms with Gasteiger partial charge in [-0.2, -0.15) is 5.10 Å². The van der Waals surface area contributed by atoms with E-state index >= 15 is 0 Å². The van der Waals surface area contributed by atoms with Gasteiger partial charge in [-0.3, -0.25) is 9.48 Å². The fraction of sp³-hybridized carbons (Fsp3) is 0.500. The third kappa shape index (κ3) is 4.80. The molecule has 0 bridgehead atoms. The number of anilines is 1. The molecule has 1 saturated heterocycles. The lowest BCUT2D eigenvalue weighted by Gasteiger charge is -2.15. The Morgan fingerprint density at radius 1 is 1.25 bits per heavy atom. The second-order valence-electron chi connectivity index (χ2n) is 7.88. The summed E-state index contributed by atoms with van der Waals surface area (Å²) in [6, 6.07) is 7.66. The second-order valence-corrected chi connectivity index (χ2v) is 10.1. The van der Waals surface area contributed by atoms with Crippen LogP contribution in [-0.2, 0) is 21.2 Å². The van der Waals surface area contributed by atoms with Crippen molar-refractivity contribution in [3.8, 4) is 0 Å². The SMILES string of the molecule is Cc1ccc(NC(=O)C[NH+](C)Cc2c(C)nn([C@H]3CCS(=O)(=O)C3)c2C)cc1. The lowest BCUT2D eigenvalue weighted by Crippen LogP contribution is -3.08. The van der Waals surface area contributed by atoms with Gasteiger partial charge in [0.15, 0.2) is 16.4 Å². The third-order valence-electron chi connectivity index (χ3n) is 5.31. The number of benzene rings is 1. The summed E-state index contributed by atoms with van der Waals surface area (Å²) in [5, 5.41) is 7.53. The predicted octanol–water partition coefficient (Wildman–Crippen LogP) is 0.821. The maximum Gasteiger partial charge on any atom is 0.279 e. The van der Waals surface area contributed by atoms with Crippen molar-refractivity contribution in [2.75, 3.05) is 30.4 Å². The normalized spacial score (nSPS) is 19.5. The number of nitrogens with one attached hydrogen (secondary N) is 2. The zero-order valence-electron chi connectivity index (χ0n) is 16.9. The predicted molar refractivity (Wildman–Crippen MR) is 109 cm³/mol. The molecule has 2 aromatic rings. The van der Waals surface area contributed by atoms with Gasteiger partial charge in [-0.1, -0.05) is 17.7 Å². The smallest absolute Gasteiger partial charge is 0.279 e. The first-order chi connectivity index (χ1) is 13.1. The minimum Gasteiger partial charge on any atom is -0.326 e. The fourth-order valence-electron chi connectivity index (χ4n) is 3.76. The van der Waals surface area contributed by atoms with E-state index in [9.17, 15) is 13.2 Å². The molecule has 0 radical (unpaired) electrons. The Morgan fingerprint density at radius 3 is 2.54 bits per heavy atom. The summed E-state index contributed by atoms with van der Waals surface area (Å²) in [5.74, 6) is 0.358. The molecule has 1 unspecified atom stereocenters. The highest BCUT2D eigenvalue weighted by atomic mass is 32.2. The summed E-state index contributed by atoms with van der Waals surface area (Å²) in [6.07, 6.45) is 0.616. The van der Waals surface area contributed by atoms with Crippen LogP contribution in [0.5, 0.6) is 0 Å². The van der Waals surface area contributed by atoms with E-state index in [0.29, 0.717) is 19.5 Å². The van der Waals surface area contributed by atoms with Crippen molar-refractivity contribution in [2.24, 2.45) is 0 Å².